The molecule has 0 bridgehead atoms. The predicted molar refractivity (Wildman–Crippen MR) is 90.7 cm³/mol. The predicted octanol–water partition coefficient (Wildman–Crippen LogP) is 3.52. The van der Waals surface area contributed by atoms with E-state index in [-0.39, 0.29) is 34.8 Å². The number of carbonyl (C=O) groups is 1. The number of rotatable bonds is 6. The molecule has 1 unspecified atom stereocenters. The topological polar surface area (TPSA) is 63.5 Å². The van der Waals surface area contributed by atoms with Crippen LogP contribution in [-0.4, -0.2) is 34.8 Å². The Morgan fingerprint density at radius 2 is 2.04 bits per heavy atom. The highest BCUT2D eigenvalue weighted by atomic mass is 35.5. The molecule has 0 aliphatic rings. The van der Waals surface area contributed by atoms with Gasteiger partial charge in [-0.1, -0.05) is 29.3 Å². The van der Waals surface area contributed by atoms with Crippen LogP contribution in [0.1, 0.15) is 16.1 Å². The van der Waals surface area contributed by atoms with Gasteiger partial charge >= 0.3 is 6.18 Å². The van der Waals surface area contributed by atoms with Gasteiger partial charge in [0.25, 0.3) is 5.91 Å². The van der Waals surface area contributed by atoms with Crippen LogP contribution >= 0.6 is 23.2 Å². The quantitative estimate of drug-likeness (QED) is 0.765. The summed E-state index contributed by atoms with van der Waals surface area (Å²) in [6, 6.07) is 5.67. The van der Waals surface area contributed by atoms with Crippen molar-refractivity contribution in [3.05, 3.63) is 51.8 Å². The van der Waals surface area contributed by atoms with Crippen molar-refractivity contribution in [2.24, 2.45) is 7.05 Å². The monoisotopic (exact) mass is 410 g/mol. The van der Waals surface area contributed by atoms with Gasteiger partial charge in [-0.2, -0.15) is 13.2 Å². The van der Waals surface area contributed by atoms with Crippen molar-refractivity contribution in [1.29, 1.82) is 0 Å². The molecule has 10 heteroatoms. The van der Waals surface area contributed by atoms with E-state index in [4.69, 9.17) is 27.9 Å². The summed E-state index contributed by atoms with van der Waals surface area (Å²) in [5.41, 5.74) is -0.652. The van der Waals surface area contributed by atoms with Gasteiger partial charge in [0.2, 0.25) is 0 Å². The fourth-order valence-corrected chi connectivity index (χ4v) is 2.45. The Balaban J connectivity index is 1.86. The zero-order valence-corrected chi connectivity index (χ0v) is 15.0. The van der Waals surface area contributed by atoms with Crippen molar-refractivity contribution in [1.82, 2.24) is 9.88 Å². The molecule has 0 aliphatic carbocycles. The lowest BCUT2D eigenvalue weighted by atomic mass is 10.2. The van der Waals surface area contributed by atoms with Crippen LogP contribution in [0.2, 0.25) is 10.2 Å². The van der Waals surface area contributed by atoms with Crippen LogP contribution in [0.5, 0.6) is 5.75 Å². The van der Waals surface area contributed by atoms with Crippen molar-refractivity contribution in [3.63, 3.8) is 0 Å². The van der Waals surface area contributed by atoms with E-state index in [1.165, 1.54) is 22.8 Å². The fraction of sp³-hybridized carbons (Fsp3) is 0.312. The Bertz CT molecular complexity index is 794. The van der Waals surface area contributed by atoms with Gasteiger partial charge in [-0.25, -0.2) is 0 Å². The number of aliphatic hydroxyl groups is 1. The zero-order chi connectivity index (χ0) is 19.5. The molecular formula is C16H15Cl2F3N2O3. The first-order valence-electron chi connectivity index (χ1n) is 7.36. The number of hydrogen-bond acceptors (Lipinski definition) is 3. The Hall–Kier alpha value is -1.90. The highest BCUT2D eigenvalue weighted by Gasteiger charge is 2.30. The average molecular weight is 411 g/mol. The first-order valence-corrected chi connectivity index (χ1v) is 8.12. The van der Waals surface area contributed by atoms with Gasteiger partial charge in [0.1, 0.15) is 29.3 Å². The molecule has 1 heterocycles. The number of carbonyl (C=O) groups excluding carboxylic acids is 1. The van der Waals surface area contributed by atoms with Crippen LogP contribution in [0, 0.1) is 0 Å². The molecule has 0 spiro atoms. The zero-order valence-electron chi connectivity index (χ0n) is 13.5. The highest BCUT2D eigenvalue weighted by Crippen LogP contribution is 2.31. The number of nitrogens with zero attached hydrogens (tertiary/aromatic N) is 1. The molecule has 0 saturated heterocycles. The molecule has 2 rings (SSSR count). The maximum Gasteiger partial charge on any atom is 0.416 e. The van der Waals surface area contributed by atoms with Gasteiger partial charge in [0.15, 0.2) is 0 Å². The molecule has 0 saturated carbocycles. The Morgan fingerprint density at radius 3 is 2.62 bits per heavy atom. The minimum atomic E-state index is -4.48. The minimum Gasteiger partial charge on any atom is -0.491 e. The summed E-state index contributed by atoms with van der Waals surface area (Å²) in [6.07, 6.45) is -5.61. The first kappa shape index (κ1) is 20.4. The standard InChI is InChI=1S/C16H15Cl2F3N2O3/c1-23-13(6-12(17)14(23)18)15(25)22-7-10(24)8-26-11-4-2-3-9(5-11)16(19,20)21/h2-6,10,24H,7-8H2,1H3,(H,22,25). The number of aromatic nitrogens is 1. The number of amides is 1. The summed E-state index contributed by atoms with van der Waals surface area (Å²) in [5, 5.41) is 12.7. The molecule has 1 atom stereocenters. The van der Waals surface area contributed by atoms with Crippen LogP contribution in [-0.2, 0) is 13.2 Å². The van der Waals surface area contributed by atoms with Crippen molar-refractivity contribution in [2.75, 3.05) is 13.2 Å². The summed E-state index contributed by atoms with van der Waals surface area (Å²) in [4.78, 5) is 12.0. The Morgan fingerprint density at radius 1 is 1.35 bits per heavy atom. The second kappa shape index (κ2) is 8.20. The lowest BCUT2D eigenvalue weighted by Gasteiger charge is -2.14. The third-order valence-electron chi connectivity index (χ3n) is 3.45. The van der Waals surface area contributed by atoms with Crippen LogP contribution in [0.25, 0.3) is 0 Å². The second-order valence-electron chi connectivity index (χ2n) is 5.43. The SMILES string of the molecule is Cn1c(C(=O)NCC(O)COc2cccc(C(F)(F)F)c2)cc(Cl)c1Cl. The number of halogens is 5. The first-order chi connectivity index (χ1) is 12.1. The molecule has 2 aromatic rings. The molecule has 5 nitrogen and oxygen atoms in total. The third kappa shape index (κ3) is 5.06. The molecule has 26 heavy (non-hydrogen) atoms. The number of nitrogens with one attached hydrogen (secondary N) is 1. The number of benzene rings is 1. The summed E-state index contributed by atoms with van der Waals surface area (Å²) in [7, 11) is 1.55. The summed E-state index contributed by atoms with van der Waals surface area (Å²) < 4.78 is 44.4. The van der Waals surface area contributed by atoms with E-state index in [1.807, 2.05) is 0 Å². The highest BCUT2D eigenvalue weighted by molar-refractivity contribution is 6.41. The van der Waals surface area contributed by atoms with Crippen molar-refractivity contribution >= 4 is 29.1 Å². The average Bonchev–Trinajstić information content (AvgIpc) is 2.85. The molecule has 1 amide bonds. The number of alkyl halides is 3. The van der Waals surface area contributed by atoms with Gasteiger partial charge in [-0.15, -0.1) is 0 Å². The molecule has 2 N–H and O–H groups in total. The molecule has 1 aromatic heterocycles. The number of aliphatic hydroxyl groups excluding tert-OH is 1. The summed E-state index contributed by atoms with van der Waals surface area (Å²) in [5.74, 6) is -0.550. The fourth-order valence-electron chi connectivity index (χ4n) is 2.07. The van der Waals surface area contributed by atoms with Crippen LogP contribution < -0.4 is 10.1 Å². The smallest absolute Gasteiger partial charge is 0.416 e. The van der Waals surface area contributed by atoms with Gasteiger partial charge in [0.05, 0.1) is 10.6 Å². The molecule has 0 radical (unpaired) electrons. The summed E-state index contributed by atoms with van der Waals surface area (Å²) in [6.45, 7) is -0.464. The van der Waals surface area contributed by atoms with E-state index in [1.54, 1.807) is 7.05 Å². The number of hydrogen-bond donors (Lipinski definition) is 2. The molecule has 1 aromatic carbocycles. The Kier molecular flexibility index (Phi) is 6.44. The Labute approximate surface area is 157 Å². The van der Waals surface area contributed by atoms with E-state index in [9.17, 15) is 23.1 Å². The molecule has 0 aliphatic heterocycles. The van der Waals surface area contributed by atoms with Gasteiger partial charge < -0.3 is 19.7 Å². The van der Waals surface area contributed by atoms with E-state index >= 15 is 0 Å². The van der Waals surface area contributed by atoms with E-state index in [2.05, 4.69) is 5.32 Å². The van der Waals surface area contributed by atoms with Crippen molar-refractivity contribution < 1.29 is 27.8 Å². The lowest BCUT2D eigenvalue weighted by Crippen LogP contribution is -2.36. The van der Waals surface area contributed by atoms with Gasteiger partial charge in [-0.05, 0) is 24.3 Å². The third-order valence-corrected chi connectivity index (χ3v) is 4.29. The van der Waals surface area contributed by atoms with E-state index < -0.39 is 23.8 Å². The van der Waals surface area contributed by atoms with Crippen molar-refractivity contribution in [2.45, 2.75) is 12.3 Å². The largest absolute Gasteiger partial charge is 0.491 e. The van der Waals surface area contributed by atoms with Crippen molar-refractivity contribution in [3.8, 4) is 5.75 Å². The number of ether oxygens (including phenoxy) is 1. The normalized spacial score (nSPS) is 12.7. The van der Waals surface area contributed by atoms with Gasteiger partial charge in [0, 0.05) is 13.6 Å². The van der Waals surface area contributed by atoms with Crippen LogP contribution in [0.15, 0.2) is 30.3 Å². The van der Waals surface area contributed by atoms with E-state index in [0.29, 0.717) is 0 Å². The van der Waals surface area contributed by atoms with Crippen LogP contribution in [0.4, 0.5) is 13.2 Å². The maximum absolute atomic E-state index is 12.6. The maximum atomic E-state index is 12.6. The second-order valence-corrected chi connectivity index (χ2v) is 6.19. The molecule has 142 valence electrons. The minimum absolute atomic E-state index is 0.0359. The lowest BCUT2D eigenvalue weighted by molar-refractivity contribution is -0.137. The molecule has 0 fully saturated rings. The van der Waals surface area contributed by atoms with E-state index in [0.717, 1.165) is 12.1 Å². The van der Waals surface area contributed by atoms with Gasteiger partial charge in [-0.3, -0.25) is 4.79 Å². The molecular weight excluding hydrogens is 396 g/mol. The summed E-state index contributed by atoms with van der Waals surface area (Å²) >= 11 is 11.7. The van der Waals surface area contributed by atoms with Crippen LogP contribution in [0.3, 0.4) is 0 Å².